The standard InChI is InChI=1S/C12H13FN4O2/c1-7(16-12(18)11-14-6-15-17-11)9-5-8(13)3-4-10(9)19-2/h3-7H,1-2H3,(H,16,18)(H,14,15,17). The molecule has 1 atom stereocenters. The molecule has 0 saturated heterocycles. The van der Waals surface area contributed by atoms with Crippen molar-refractivity contribution in [3.8, 4) is 5.75 Å². The lowest BCUT2D eigenvalue weighted by Crippen LogP contribution is -2.28. The predicted octanol–water partition coefficient (Wildman–Crippen LogP) is 1.44. The lowest BCUT2D eigenvalue weighted by atomic mass is 10.1. The minimum absolute atomic E-state index is 0.0993. The summed E-state index contributed by atoms with van der Waals surface area (Å²) in [5.74, 6) is -0.207. The van der Waals surface area contributed by atoms with Crippen LogP contribution < -0.4 is 10.1 Å². The van der Waals surface area contributed by atoms with Crippen LogP contribution in [0.15, 0.2) is 24.5 Å². The van der Waals surface area contributed by atoms with E-state index >= 15 is 0 Å². The zero-order valence-corrected chi connectivity index (χ0v) is 10.5. The molecule has 2 rings (SSSR count). The smallest absolute Gasteiger partial charge is 0.289 e. The van der Waals surface area contributed by atoms with Gasteiger partial charge in [0.05, 0.1) is 13.2 Å². The molecule has 1 amide bonds. The van der Waals surface area contributed by atoms with Crippen molar-refractivity contribution >= 4 is 5.91 Å². The molecule has 6 nitrogen and oxygen atoms in total. The molecule has 0 aliphatic heterocycles. The van der Waals surface area contributed by atoms with Crippen LogP contribution in [0.2, 0.25) is 0 Å². The van der Waals surface area contributed by atoms with E-state index in [0.29, 0.717) is 11.3 Å². The van der Waals surface area contributed by atoms with Crippen LogP contribution in [0.1, 0.15) is 29.1 Å². The molecule has 2 N–H and O–H groups in total. The number of aromatic nitrogens is 3. The largest absolute Gasteiger partial charge is 0.496 e. The summed E-state index contributed by atoms with van der Waals surface area (Å²) >= 11 is 0. The molecule has 0 aliphatic carbocycles. The van der Waals surface area contributed by atoms with Crippen LogP contribution in [-0.2, 0) is 0 Å². The number of rotatable bonds is 4. The summed E-state index contributed by atoms with van der Waals surface area (Å²) in [6.07, 6.45) is 1.24. The predicted molar refractivity (Wildman–Crippen MR) is 65.2 cm³/mol. The third kappa shape index (κ3) is 2.87. The van der Waals surface area contributed by atoms with Crippen molar-refractivity contribution in [2.24, 2.45) is 0 Å². The number of amides is 1. The number of H-pyrrole nitrogens is 1. The number of aromatic amines is 1. The number of halogens is 1. The van der Waals surface area contributed by atoms with Gasteiger partial charge in [0.15, 0.2) is 0 Å². The molecule has 0 bridgehead atoms. The number of ether oxygens (including phenoxy) is 1. The first-order chi connectivity index (χ1) is 9.11. The molecule has 2 aromatic rings. The normalized spacial score (nSPS) is 11.9. The highest BCUT2D eigenvalue weighted by Crippen LogP contribution is 2.25. The molecule has 1 unspecified atom stereocenters. The summed E-state index contributed by atoms with van der Waals surface area (Å²) in [6.45, 7) is 1.73. The number of nitrogens with zero attached hydrogens (tertiary/aromatic N) is 2. The van der Waals surface area contributed by atoms with Gasteiger partial charge in [0.2, 0.25) is 5.82 Å². The Morgan fingerprint density at radius 1 is 1.53 bits per heavy atom. The van der Waals surface area contributed by atoms with Gasteiger partial charge < -0.3 is 10.1 Å². The number of hydrogen-bond donors (Lipinski definition) is 2. The van der Waals surface area contributed by atoms with Crippen molar-refractivity contribution in [2.75, 3.05) is 7.11 Å². The SMILES string of the molecule is COc1ccc(F)cc1C(C)NC(=O)c1ncn[nH]1. The molecule has 19 heavy (non-hydrogen) atoms. The Morgan fingerprint density at radius 3 is 2.95 bits per heavy atom. The molecule has 0 radical (unpaired) electrons. The molecular formula is C12H13FN4O2. The van der Waals surface area contributed by atoms with Gasteiger partial charge >= 0.3 is 0 Å². The Kier molecular flexibility index (Phi) is 3.74. The summed E-state index contributed by atoms with van der Waals surface area (Å²) in [6, 6.07) is 3.71. The van der Waals surface area contributed by atoms with Crippen LogP contribution in [0, 0.1) is 5.82 Å². The first-order valence-electron chi connectivity index (χ1n) is 5.61. The maximum atomic E-state index is 13.3. The number of nitrogens with one attached hydrogen (secondary N) is 2. The fraction of sp³-hybridized carbons (Fsp3) is 0.250. The maximum absolute atomic E-state index is 13.3. The summed E-state index contributed by atoms with van der Waals surface area (Å²) in [5, 5.41) is 8.73. The highest BCUT2D eigenvalue weighted by molar-refractivity contribution is 5.90. The Hall–Kier alpha value is -2.44. The molecule has 0 fully saturated rings. The minimum atomic E-state index is -0.428. The minimum Gasteiger partial charge on any atom is -0.496 e. The van der Waals surface area contributed by atoms with Gasteiger partial charge in [0, 0.05) is 5.56 Å². The van der Waals surface area contributed by atoms with Crippen molar-refractivity contribution in [3.63, 3.8) is 0 Å². The van der Waals surface area contributed by atoms with E-state index < -0.39 is 17.8 Å². The monoisotopic (exact) mass is 264 g/mol. The van der Waals surface area contributed by atoms with Gasteiger partial charge in [-0.2, -0.15) is 5.10 Å². The van der Waals surface area contributed by atoms with Gasteiger partial charge in [-0.05, 0) is 25.1 Å². The Bertz CT molecular complexity index is 571. The van der Waals surface area contributed by atoms with E-state index in [4.69, 9.17) is 4.74 Å². The lowest BCUT2D eigenvalue weighted by molar-refractivity contribution is 0.0929. The van der Waals surface area contributed by atoms with Crippen molar-refractivity contribution < 1.29 is 13.9 Å². The second-order valence-electron chi connectivity index (χ2n) is 3.92. The number of carbonyl (C=O) groups is 1. The average Bonchev–Trinajstić information content (AvgIpc) is 2.92. The van der Waals surface area contributed by atoms with E-state index in [2.05, 4.69) is 20.5 Å². The van der Waals surface area contributed by atoms with E-state index in [9.17, 15) is 9.18 Å². The first kappa shape index (κ1) is 13.0. The molecule has 0 spiro atoms. The van der Waals surface area contributed by atoms with Gasteiger partial charge in [0.25, 0.3) is 5.91 Å². The topological polar surface area (TPSA) is 79.9 Å². The van der Waals surface area contributed by atoms with Crippen molar-refractivity contribution in [3.05, 3.63) is 41.7 Å². The second-order valence-corrected chi connectivity index (χ2v) is 3.92. The lowest BCUT2D eigenvalue weighted by Gasteiger charge is -2.16. The van der Waals surface area contributed by atoms with Crippen LogP contribution >= 0.6 is 0 Å². The van der Waals surface area contributed by atoms with E-state index in [1.807, 2.05) is 0 Å². The zero-order valence-electron chi connectivity index (χ0n) is 10.5. The van der Waals surface area contributed by atoms with Crippen LogP contribution in [0.4, 0.5) is 4.39 Å². The molecule has 7 heteroatoms. The second kappa shape index (κ2) is 5.47. The molecule has 0 saturated carbocycles. The van der Waals surface area contributed by atoms with Gasteiger partial charge in [-0.15, -0.1) is 0 Å². The van der Waals surface area contributed by atoms with Crippen LogP contribution in [0.5, 0.6) is 5.75 Å². The fourth-order valence-electron chi connectivity index (χ4n) is 1.70. The maximum Gasteiger partial charge on any atom is 0.289 e. The Morgan fingerprint density at radius 2 is 2.32 bits per heavy atom. The molecule has 1 aromatic carbocycles. The van der Waals surface area contributed by atoms with Crippen LogP contribution in [0.25, 0.3) is 0 Å². The quantitative estimate of drug-likeness (QED) is 0.875. The molecular weight excluding hydrogens is 251 g/mol. The molecule has 100 valence electrons. The molecule has 1 aromatic heterocycles. The van der Waals surface area contributed by atoms with Crippen LogP contribution in [0.3, 0.4) is 0 Å². The van der Waals surface area contributed by atoms with E-state index in [-0.39, 0.29) is 5.82 Å². The van der Waals surface area contributed by atoms with Crippen molar-refractivity contribution in [1.29, 1.82) is 0 Å². The van der Waals surface area contributed by atoms with Crippen molar-refractivity contribution in [1.82, 2.24) is 20.5 Å². The molecule has 0 aliphatic rings. The average molecular weight is 264 g/mol. The van der Waals surface area contributed by atoms with Gasteiger partial charge in [-0.3, -0.25) is 9.89 Å². The van der Waals surface area contributed by atoms with Crippen LogP contribution in [-0.4, -0.2) is 28.2 Å². The highest BCUT2D eigenvalue weighted by atomic mass is 19.1. The summed E-state index contributed by atoms with van der Waals surface area (Å²) < 4.78 is 18.4. The van der Waals surface area contributed by atoms with Gasteiger partial charge in [-0.1, -0.05) is 0 Å². The van der Waals surface area contributed by atoms with E-state index in [1.165, 1.54) is 31.6 Å². The first-order valence-corrected chi connectivity index (χ1v) is 5.61. The molecule has 1 heterocycles. The Balaban J connectivity index is 2.18. The highest BCUT2D eigenvalue weighted by Gasteiger charge is 2.17. The van der Waals surface area contributed by atoms with Gasteiger partial charge in [0.1, 0.15) is 17.9 Å². The summed E-state index contributed by atoms with van der Waals surface area (Å²) in [7, 11) is 1.49. The van der Waals surface area contributed by atoms with Gasteiger partial charge in [-0.25, -0.2) is 9.37 Å². The number of methoxy groups -OCH3 is 1. The fourth-order valence-corrected chi connectivity index (χ4v) is 1.70. The Labute approximate surface area is 109 Å². The zero-order chi connectivity index (χ0) is 13.8. The van der Waals surface area contributed by atoms with E-state index in [1.54, 1.807) is 6.92 Å². The van der Waals surface area contributed by atoms with E-state index in [0.717, 1.165) is 0 Å². The number of carbonyl (C=O) groups excluding carboxylic acids is 1. The van der Waals surface area contributed by atoms with Crippen molar-refractivity contribution in [2.45, 2.75) is 13.0 Å². The third-order valence-electron chi connectivity index (χ3n) is 2.64. The number of hydrogen-bond acceptors (Lipinski definition) is 4. The summed E-state index contributed by atoms with van der Waals surface area (Å²) in [4.78, 5) is 15.5. The third-order valence-corrected chi connectivity index (χ3v) is 2.64. The number of benzene rings is 1. The summed E-state index contributed by atoms with van der Waals surface area (Å²) in [5.41, 5.74) is 0.551.